The van der Waals surface area contributed by atoms with E-state index in [9.17, 15) is 4.79 Å². The third kappa shape index (κ3) is 5.33. The Bertz CT molecular complexity index is 1340. The summed E-state index contributed by atoms with van der Waals surface area (Å²) in [5, 5.41) is 13.3. The molecule has 1 aliphatic rings. The SMILES string of the molecule is Cc1ccc(Cn2c3ccc(C)cc3c3nnc(SC(C)C(=O)NCCN4CCCC4)nc32)cc1. The van der Waals surface area contributed by atoms with Crippen molar-refractivity contribution in [2.45, 2.75) is 50.6 Å². The minimum Gasteiger partial charge on any atom is -0.354 e. The summed E-state index contributed by atoms with van der Waals surface area (Å²) in [6.07, 6.45) is 2.51. The van der Waals surface area contributed by atoms with E-state index in [1.165, 1.54) is 41.3 Å². The smallest absolute Gasteiger partial charge is 0.233 e. The van der Waals surface area contributed by atoms with Gasteiger partial charge in [-0.05, 0) is 64.4 Å². The molecule has 1 N–H and O–H groups in total. The lowest BCUT2D eigenvalue weighted by Crippen LogP contribution is -2.37. The van der Waals surface area contributed by atoms with E-state index >= 15 is 0 Å². The molecule has 0 bridgehead atoms. The maximum Gasteiger partial charge on any atom is 0.233 e. The molecule has 7 nitrogen and oxygen atoms in total. The predicted molar refractivity (Wildman–Crippen MR) is 142 cm³/mol. The molecule has 1 aliphatic heterocycles. The molecule has 1 amide bonds. The lowest BCUT2D eigenvalue weighted by atomic mass is 10.1. The summed E-state index contributed by atoms with van der Waals surface area (Å²) in [4.78, 5) is 19.9. The van der Waals surface area contributed by atoms with E-state index in [4.69, 9.17) is 4.98 Å². The first-order valence-electron chi connectivity index (χ1n) is 12.3. The topological polar surface area (TPSA) is 75.9 Å². The quantitative estimate of drug-likeness (QED) is 0.372. The van der Waals surface area contributed by atoms with Gasteiger partial charge >= 0.3 is 0 Å². The molecule has 1 atom stereocenters. The van der Waals surface area contributed by atoms with Crippen LogP contribution >= 0.6 is 11.8 Å². The number of hydrogen-bond acceptors (Lipinski definition) is 6. The second-order valence-electron chi connectivity index (χ2n) is 9.46. The number of nitrogens with one attached hydrogen (secondary N) is 1. The van der Waals surface area contributed by atoms with E-state index in [1.807, 2.05) is 6.92 Å². The number of aromatic nitrogens is 4. The Hall–Kier alpha value is -2.97. The maximum absolute atomic E-state index is 12.7. The van der Waals surface area contributed by atoms with Gasteiger partial charge < -0.3 is 14.8 Å². The van der Waals surface area contributed by atoms with Crippen LogP contribution in [-0.2, 0) is 11.3 Å². The molecule has 2 aromatic carbocycles. The molecular weight excluding hydrogens is 456 g/mol. The van der Waals surface area contributed by atoms with Gasteiger partial charge in [-0.2, -0.15) is 0 Å². The van der Waals surface area contributed by atoms with E-state index in [1.54, 1.807) is 0 Å². The van der Waals surface area contributed by atoms with Crippen LogP contribution in [0.2, 0.25) is 0 Å². The fraction of sp³-hybridized carbons (Fsp3) is 0.407. The Morgan fingerprint density at radius 3 is 2.57 bits per heavy atom. The fourth-order valence-corrected chi connectivity index (χ4v) is 5.37. The first kappa shape index (κ1) is 23.8. The molecule has 35 heavy (non-hydrogen) atoms. The second-order valence-corrected chi connectivity index (χ2v) is 10.8. The zero-order chi connectivity index (χ0) is 24.4. The van der Waals surface area contributed by atoms with Crippen LogP contribution in [0.5, 0.6) is 0 Å². The fourth-order valence-electron chi connectivity index (χ4n) is 4.64. The molecule has 0 radical (unpaired) electrons. The first-order chi connectivity index (χ1) is 17.0. The zero-order valence-electron chi connectivity index (χ0n) is 20.6. The highest BCUT2D eigenvalue weighted by Crippen LogP contribution is 2.30. The van der Waals surface area contributed by atoms with Crippen molar-refractivity contribution < 1.29 is 4.79 Å². The highest BCUT2D eigenvalue weighted by Gasteiger charge is 2.20. The average Bonchev–Trinajstić information content (AvgIpc) is 3.47. The summed E-state index contributed by atoms with van der Waals surface area (Å²) in [5.41, 5.74) is 6.29. The summed E-state index contributed by atoms with van der Waals surface area (Å²) in [7, 11) is 0. The Morgan fingerprint density at radius 2 is 1.80 bits per heavy atom. The van der Waals surface area contributed by atoms with Gasteiger partial charge in [-0.15, -0.1) is 10.2 Å². The highest BCUT2D eigenvalue weighted by molar-refractivity contribution is 8.00. The molecule has 5 rings (SSSR count). The average molecular weight is 489 g/mol. The molecule has 1 fully saturated rings. The molecule has 182 valence electrons. The standard InChI is InChI=1S/C27H32N6OS/c1-18-6-9-21(10-7-18)17-33-23-11-8-19(2)16-22(23)24-25(33)29-27(31-30-24)35-20(3)26(34)28-12-15-32-13-4-5-14-32/h6-11,16,20H,4-5,12-15,17H2,1-3H3,(H,28,34). The number of thioether (sulfide) groups is 1. The van der Waals surface area contributed by atoms with Gasteiger partial charge in [0.2, 0.25) is 11.1 Å². The van der Waals surface area contributed by atoms with Crippen molar-refractivity contribution in [3.63, 3.8) is 0 Å². The van der Waals surface area contributed by atoms with Gasteiger partial charge in [0, 0.05) is 25.0 Å². The van der Waals surface area contributed by atoms with Crippen LogP contribution in [-0.4, -0.2) is 62.0 Å². The summed E-state index contributed by atoms with van der Waals surface area (Å²) < 4.78 is 2.20. The van der Waals surface area contributed by atoms with Crippen LogP contribution in [0.1, 0.15) is 36.5 Å². The molecule has 0 spiro atoms. The van der Waals surface area contributed by atoms with E-state index in [-0.39, 0.29) is 11.2 Å². The van der Waals surface area contributed by atoms with Crippen molar-refractivity contribution in [2.24, 2.45) is 0 Å². The van der Waals surface area contributed by atoms with Gasteiger partial charge in [-0.25, -0.2) is 4.98 Å². The third-order valence-corrected chi connectivity index (χ3v) is 7.59. The number of hydrogen-bond donors (Lipinski definition) is 1. The van der Waals surface area contributed by atoms with Gasteiger partial charge in [-0.3, -0.25) is 4.79 Å². The van der Waals surface area contributed by atoms with E-state index in [0.29, 0.717) is 18.2 Å². The van der Waals surface area contributed by atoms with Crippen LogP contribution in [0, 0.1) is 13.8 Å². The van der Waals surface area contributed by atoms with Crippen LogP contribution in [0.15, 0.2) is 47.6 Å². The van der Waals surface area contributed by atoms with Crippen LogP contribution in [0.3, 0.4) is 0 Å². The minimum absolute atomic E-state index is 0.00807. The number of benzene rings is 2. The largest absolute Gasteiger partial charge is 0.354 e. The van der Waals surface area contributed by atoms with Crippen molar-refractivity contribution in [2.75, 3.05) is 26.2 Å². The van der Waals surface area contributed by atoms with Gasteiger partial charge in [-0.1, -0.05) is 53.2 Å². The molecule has 2 aromatic heterocycles. The molecule has 8 heteroatoms. The van der Waals surface area contributed by atoms with Gasteiger partial charge in [0.1, 0.15) is 5.52 Å². The van der Waals surface area contributed by atoms with Gasteiger partial charge in [0.25, 0.3) is 0 Å². The highest BCUT2D eigenvalue weighted by atomic mass is 32.2. The zero-order valence-corrected chi connectivity index (χ0v) is 21.4. The number of carbonyl (C=O) groups is 1. The summed E-state index contributed by atoms with van der Waals surface area (Å²) >= 11 is 1.36. The Morgan fingerprint density at radius 1 is 1.06 bits per heavy atom. The Balaban J connectivity index is 1.38. The van der Waals surface area contributed by atoms with E-state index in [2.05, 4.69) is 81.3 Å². The van der Waals surface area contributed by atoms with Gasteiger partial charge in [0.05, 0.1) is 10.8 Å². The molecular formula is C27H32N6OS. The van der Waals surface area contributed by atoms with E-state index in [0.717, 1.165) is 41.7 Å². The molecule has 4 aromatic rings. The summed E-state index contributed by atoms with van der Waals surface area (Å²) in [6.45, 7) is 10.6. The lowest BCUT2D eigenvalue weighted by Gasteiger charge is -2.16. The normalized spacial score (nSPS) is 15.2. The summed E-state index contributed by atoms with van der Waals surface area (Å²) in [5.74, 6) is 0.00807. The number of carbonyl (C=O) groups excluding carboxylic acids is 1. The van der Waals surface area contributed by atoms with Crippen molar-refractivity contribution in [3.05, 3.63) is 59.2 Å². The number of nitrogens with zero attached hydrogens (tertiary/aromatic N) is 5. The molecule has 1 saturated heterocycles. The van der Waals surface area contributed by atoms with E-state index < -0.39 is 0 Å². The predicted octanol–water partition coefficient (Wildman–Crippen LogP) is 4.34. The number of fused-ring (bicyclic) bond motifs is 3. The van der Waals surface area contributed by atoms with Crippen LogP contribution in [0.4, 0.5) is 0 Å². The summed E-state index contributed by atoms with van der Waals surface area (Å²) in [6, 6.07) is 15.0. The van der Waals surface area contributed by atoms with Crippen molar-refractivity contribution >= 4 is 39.7 Å². The van der Waals surface area contributed by atoms with Gasteiger partial charge in [0.15, 0.2) is 5.65 Å². The molecule has 1 unspecified atom stereocenters. The number of likely N-dealkylation sites (tertiary alicyclic amines) is 1. The van der Waals surface area contributed by atoms with Crippen molar-refractivity contribution in [1.82, 2.24) is 30.0 Å². The number of rotatable bonds is 8. The van der Waals surface area contributed by atoms with Crippen molar-refractivity contribution in [3.8, 4) is 0 Å². The Labute approximate surface area is 210 Å². The molecule has 0 aliphatic carbocycles. The Kier molecular flexibility index (Phi) is 7.02. The minimum atomic E-state index is -0.301. The first-order valence-corrected chi connectivity index (χ1v) is 13.2. The third-order valence-electron chi connectivity index (χ3n) is 6.64. The van der Waals surface area contributed by atoms with Crippen LogP contribution < -0.4 is 5.32 Å². The monoisotopic (exact) mass is 488 g/mol. The maximum atomic E-state index is 12.7. The second kappa shape index (κ2) is 10.3. The lowest BCUT2D eigenvalue weighted by molar-refractivity contribution is -0.120. The number of amides is 1. The number of aryl methyl sites for hydroxylation is 2. The van der Waals surface area contributed by atoms with Crippen LogP contribution in [0.25, 0.3) is 22.1 Å². The molecule has 0 saturated carbocycles. The molecule has 3 heterocycles. The van der Waals surface area contributed by atoms with Crippen molar-refractivity contribution in [1.29, 1.82) is 0 Å².